The Bertz CT molecular complexity index is 5890. The number of halogens is 9. The Morgan fingerprint density at radius 2 is 0.677 bits per heavy atom. The van der Waals surface area contributed by atoms with Gasteiger partial charge in [0.2, 0.25) is 27.7 Å². The van der Waals surface area contributed by atoms with Crippen LogP contribution in [0.5, 0.6) is 0 Å². The van der Waals surface area contributed by atoms with Crippen LogP contribution in [0.1, 0.15) is 145 Å². The van der Waals surface area contributed by atoms with Gasteiger partial charge in [-0.05, 0) is 244 Å². The molecule has 0 aromatic carbocycles. The van der Waals surface area contributed by atoms with Crippen LogP contribution in [-0.2, 0) is 63.2 Å². The minimum Gasteiger partial charge on any atom is -0.444 e. The van der Waals surface area contributed by atoms with E-state index in [1.807, 2.05) is 118 Å². The Morgan fingerprint density at radius 1 is 0.394 bits per heavy atom. The molecule has 1 saturated carbocycles. The number of nitrogens with zero attached hydrogens (tertiary/aromatic N) is 22. The summed E-state index contributed by atoms with van der Waals surface area (Å²) in [5.41, 5.74) is 9.76. The van der Waals surface area contributed by atoms with Gasteiger partial charge in [-0.2, -0.15) is 19.9 Å². The molecule has 12 aromatic heterocycles. The van der Waals surface area contributed by atoms with Crippen molar-refractivity contribution in [1.82, 2.24) is 112 Å². The fraction of sp³-hybridized carbons (Fsp3) is 0.540. The van der Waals surface area contributed by atoms with Crippen LogP contribution in [0.2, 0.25) is 46.8 Å². The molecule has 40 heteroatoms. The normalized spacial score (nSPS) is 17.5. The highest BCUT2D eigenvalue weighted by molar-refractivity contribution is 7.97. The first kappa shape index (κ1) is 96.6. The Morgan fingerprint density at radius 3 is 1.00 bits per heavy atom. The van der Waals surface area contributed by atoms with E-state index in [1.54, 1.807) is 23.0 Å². The standard InChI is InChI=1S/C17H24ClN5O2.C17H23ClN4O2.C14H18Cl2N4OS.C14H16Cl2N4O.C13H15Cl2N3.C12H15ClN4/c1-17(2,3)25-16(24)22-7-4-11(5-8-22)10-23-9-6-12-13(18)20-15(19)21-14(12)23;1-17(2,3)24-16(23)21-7-4-12(5-8-21)10-22-9-6-13-14(18)19-11-20-15(13)22;1-22(2,21)20-7-3-10(4-8-20)9-19-6-5-11-12(15)17-14(16)18-13(11)19;1-9(21)19-5-2-10(3-6-19)8-20-7-4-11-12(15)17-14(16)18-13(11)20;14-11-10-6-7-18(12(10)17-13(15)16-11)8-9-4-2-1-3-5-9;13-11-10-3-6-17(12(10)16-8-15-11)7-9-1-4-14-5-2-9/h6,9,11H,4-5,7-8,10H2,1-3H3,(H2,19,20,21);6,9,11-12H,4-5,7-8,10H2,1-3H3;5-6,10H,1,3-4,7-9H2,2H3;4,7,10H,2-3,5-6,8H2,1H3;6-7,9H,1-5,8H2;3,6,8-9,14H,1-2,4-5,7H2. The fourth-order valence-electron chi connectivity index (χ4n) is 17.1. The van der Waals surface area contributed by atoms with E-state index in [-0.39, 0.29) is 39.9 Å². The van der Waals surface area contributed by atoms with Crippen molar-refractivity contribution >= 4 is 210 Å². The van der Waals surface area contributed by atoms with Crippen LogP contribution < -0.4 is 11.1 Å². The molecule has 5 saturated heterocycles. The molecule has 6 fully saturated rings. The van der Waals surface area contributed by atoms with Gasteiger partial charge in [0.05, 0.1) is 32.3 Å². The molecule has 1 unspecified atom stereocenters. The van der Waals surface area contributed by atoms with Crippen molar-refractivity contribution < 1.29 is 28.1 Å². The van der Waals surface area contributed by atoms with Crippen molar-refractivity contribution in [2.75, 3.05) is 77.4 Å². The zero-order valence-corrected chi connectivity index (χ0v) is 80.5. The molecule has 1 aliphatic carbocycles. The van der Waals surface area contributed by atoms with E-state index in [0.717, 1.165) is 221 Å². The molecule has 5 aliphatic heterocycles. The molecule has 0 bridgehead atoms. The summed E-state index contributed by atoms with van der Waals surface area (Å²) in [4.78, 5) is 90.8. The molecule has 6 aliphatic rings. The highest BCUT2D eigenvalue weighted by Crippen LogP contribution is 2.35. The third kappa shape index (κ3) is 26.3. The van der Waals surface area contributed by atoms with Crippen LogP contribution in [-0.4, -0.2) is 217 Å². The Labute approximate surface area is 785 Å². The number of fused-ring (bicyclic) bond motifs is 6. The lowest BCUT2D eigenvalue weighted by molar-refractivity contribution is -0.130. The molecule has 18 rings (SSSR count). The number of nitrogens with two attached hydrogens (primary N) is 1. The number of rotatable bonds is 13. The van der Waals surface area contributed by atoms with E-state index in [4.69, 9.17) is 120 Å². The zero-order chi connectivity index (χ0) is 90.6. The maximum absolute atomic E-state index is 12.1. The Kier molecular flexibility index (Phi) is 33.0. The minimum absolute atomic E-state index is 0.158. The van der Waals surface area contributed by atoms with Gasteiger partial charge in [-0.1, -0.05) is 88.9 Å². The quantitative estimate of drug-likeness (QED) is 0.0615. The van der Waals surface area contributed by atoms with Crippen molar-refractivity contribution in [2.24, 2.45) is 35.5 Å². The summed E-state index contributed by atoms with van der Waals surface area (Å²) >= 11 is 54.2. The van der Waals surface area contributed by atoms with Crippen molar-refractivity contribution in [2.45, 2.75) is 195 Å². The topological polar surface area (TPSA) is 322 Å². The molecular weight excluding hydrogens is 1830 g/mol. The van der Waals surface area contributed by atoms with E-state index in [2.05, 4.69) is 105 Å². The second-order valence-corrected chi connectivity index (χ2v) is 41.2. The number of anilines is 1. The van der Waals surface area contributed by atoms with E-state index < -0.39 is 20.9 Å². The molecule has 12 aromatic rings. The Balaban J connectivity index is 0.000000131. The molecule has 0 radical (unpaired) electrons. The molecule has 684 valence electrons. The second kappa shape index (κ2) is 43.4. The zero-order valence-electron chi connectivity index (χ0n) is 72.8. The van der Waals surface area contributed by atoms with Gasteiger partial charge in [0.1, 0.15) is 88.7 Å². The SMILES string of the molecule is C=S(C)(=O)N1CCC(Cn2ccc3c(Cl)nc(Cl)nc32)CC1.CC(=O)N1CCC(Cn2ccc3c(Cl)nc(Cl)nc32)CC1.CC(C)(C)OC(=O)N1CCC(Cn2ccc3c(Cl)nc(N)nc32)CC1.CC(C)(C)OC(=O)N1CCC(Cn2ccc3c(Cl)ncnc32)CC1.Clc1nc(Cl)c2ccn(CC3CCCCC3)c2n1.Clc1ncnc2c1ccn2CC1CCNCC1. The number of aromatic nitrogens is 18. The maximum atomic E-state index is 12.1. The second-order valence-electron chi connectivity index (χ2n) is 35.6. The number of nitrogens with one attached hydrogen (secondary N) is 1. The van der Waals surface area contributed by atoms with Crippen molar-refractivity contribution in [3.05, 3.63) is 133 Å². The average molecular weight is 1940 g/mol. The fourth-order valence-corrected chi connectivity index (χ4v) is 20.1. The number of ether oxygens (including phenoxy) is 2. The third-order valence-corrected chi connectivity index (χ3v) is 27.6. The monoisotopic (exact) mass is 1930 g/mol. The smallest absolute Gasteiger partial charge is 0.410 e. The molecule has 127 heavy (non-hydrogen) atoms. The van der Waals surface area contributed by atoms with Gasteiger partial charge in [-0.15, -0.1) is 0 Å². The third-order valence-electron chi connectivity index (χ3n) is 23.9. The van der Waals surface area contributed by atoms with Crippen LogP contribution in [0, 0.1) is 35.5 Å². The number of nitrogen functional groups attached to an aromatic ring is 1. The summed E-state index contributed by atoms with van der Waals surface area (Å²) in [6, 6.07) is 11.7. The number of hydrogen-bond donors (Lipinski definition) is 2. The highest BCUT2D eigenvalue weighted by atomic mass is 35.5. The largest absolute Gasteiger partial charge is 0.444 e. The maximum Gasteiger partial charge on any atom is 0.410 e. The predicted molar refractivity (Wildman–Crippen MR) is 508 cm³/mol. The lowest BCUT2D eigenvalue weighted by atomic mass is 9.89. The summed E-state index contributed by atoms with van der Waals surface area (Å²) in [6.07, 6.45) is 33.2. The lowest BCUT2D eigenvalue weighted by Gasteiger charge is -2.33. The van der Waals surface area contributed by atoms with Gasteiger partial charge in [-0.25, -0.2) is 53.8 Å². The van der Waals surface area contributed by atoms with Crippen LogP contribution >= 0.6 is 104 Å². The minimum atomic E-state index is -2.09. The van der Waals surface area contributed by atoms with Crippen molar-refractivity contribution in [3.63, 3.8) is 0 Å². The van der Waals surface area contributed by atoms with E-state index in [0.29, 0.717) is 67.7 Å². The van der Waals surface area contributed by atoms with E-state index in [9.17, 15) is 18.6 Å². The van der Waals surface area contributed by atoms with E-state index >= 15 is 0 Å². The van der Waals surface area contributed by atoms with Gasteiger partial charge >= 0.3 is 12.2 Å². The van der Waals surface area contributed by atoms with Crippen LogP contribution in [0.3, 0.4) is 0 Å². The van der Waals surface area contributed by atoms with Gasteiger partial charge in [0, 0.05) is 152 Å². The molecular formula is C87H111Cl9N24O6S. The first-order valence-electron chi connectivity index (χ1n) is 43.2. The number of carbonyl (C=O) groups is 3. The van der Waals surface area contributed by atoms with Gasteiger partial charge in [-0.3, -0.25) is 9.00 Å². The average Bonchev–Trinajstić information content (AvgIpc) is 1.73. The number of likely N-dealkylation sites (tertiary alicyclic amines) is 3. The van der Waals surface area contributed by atoms with Gasteiger partial charge in [0.25, 0.3) is 0 Å². The van der Waals surface area contributed by atoms with Crippen molar-refractivity contribution in [1.29, 1.82) is 0 Å². The van der Waals surface area contributed by atoms with Crippen LogP contribution in [0.25, 0.3) is 66.2 Å². The first-order chi connectivity index (χ1) is 60.5. The number of hydrogen-bond acceptors (Lipinski definition) is 20. The number of piperidine rings is 5. The van der Waals surface area contributed by atoms with Crippen LogP contribution in [0.15, 0.2) is 86.2 Å². The molecule has 30 nitrogen and oxygen atoms in total. The predicted octanol–water partition coefficient (Wildman–Crippen LogP) is 19.2. The molecule has 17 heterocycles. The van der Waals surface area contributed by atoms with Crippen molar-refractivity contribution in [3.8, 4) is 0 Å². The van der Waals surface area contributed by atoms with Crippen LogP contribution in [0.4, 0.5) is 15.5 Å². The number of amides is 3. The summed E-state index contributed by atoms with van der Waals surface area (Å²) in [5, 5.41) is 11.7. The highest BCUT2D eigenvalue weighted by Gasteiger charge is 2.32. The summed E-state index contributed by atoms with van der Waals surface area (Å²) < 4.78 is 37.5. The molecule has 3 amide bonds. The van der Waals surface area contributed by atoms with E-state index in [1.165, 1.54) is 57.6 Å². The number of carbonyl (C=O) groups excluding carboxylic acids is 3. The molecule has 1 atom stereocenters. The van der Waals surface area contributed by atoms with Gasteiger partial charge in [0.15, 0.2) is 0 Å². The summed E-state index contributed by atoms with van der Waals surface area (Å²) in [5.74, 6) is 7.60. The van der Waals surface area contributed by atoms with Gasteiger partial charge < -0.3 is 62.6 Å². The lowest BCUT2D eigenvalue weighted by Crippen LogP contribution is -2.42. The molecule has 0 spiro atoms. The first-order valence-corrected chi connectivity index (χ1v) is 48.7. The Hall–Kier alpha value is -7.92. The molecule has 3 N–H and O–H groups in total. The summed E-state index contributed by atoms with van der Waals surface area (Å²) in [6.45, 7) is 26.8. The summed E-state index contributed by atoms with van der Waals surface area (Å²) in [7, 11) is -2.09.